The maximum atomic E-state index is 13.4. The van der Waals surface area contributed by atoms with Crippen molar-refractivity contribution in [2.75, 3.05) is 26.0 Å². The molecule has 0 fully saturated rings. The summed E-state index contributed by atoms with van der Waals surface area (Å²) in [6.45, 7) is -0.437. The van der Waals surface area contributed by atoms with Gasteiger partial charge in [-0.1, -0.05) is 48.5 Å². The van der Waals surface area contributed by atoms with Crippen molar-refractivity contribution in [3.63, 3.8) is 0 Å². The summed E-state index contributed by atoms with van der Waals surface area (Å²) in [5, 5.41) is 2.69. The largest absolute Gasteiger partial charge is 0.325 e. The van der Waals surface area contributed by atoms with Gasteiger partial charge in [0.05, 0.1) is 16.3 Å². The van der Waals surface area contributed by atoms with Crippen molar-refractivity contribution in [1.29, 1.82) is 0 Å². The van der Waals surface area contributed by atoms with Gasteiger partial charge < -0.3 is 5.32 Å². The summed E-state index contributed by atoms with van der Waals surface area (Å²) in [7, 11) is -5.01. The summed E-state index contributed by atoms with van der Waals surface area (Å²) < 4.78 is 53.5. The van der Waals surface area contributed by atoms with Crippen LogP contribution < -0.4 is 5.32 Å². The van der Waals surface area contributed by atoms with E-state index in [1.165, 1.54) is 38.4 Å². The Kier molecular flexibility index (Phi) is 7.65. The molecule has 0 aliphatic heterocycles. The third kappa shape index (κ3) is 6.05. The van der Waals surface area contributed by atoms with Crippen LogP contribution in [0, 0.1) is 0 Å². The third-order valence-corrected chi connectivity index (χ3v) is 8.45. The summed E-state index contributed by atoms with van der Waals surface area (Å²) >= 11 is 0. The van der Waals surface area contributed by atoms with Gasteiger partial charge in [0.15, 0.2) is 0 Å². The van der Waals surface area contributed by atoms with Crippen LogP contribution in [0.2, 0.25) is 0 Å². The quantitative estimate of drug-likeness (QED) is 0.500. The first-order chi connectivity index (χ1) is 15.6. The molecule has 0 saturated carbocycles. The molecule has 3 aromatic rings. The van der Waals surface area contributed by atoms with Crippen LogP contribution in [-0.2, 0) is 31.4 Å². The number of para-hydroxylation sites is 1. The molecular formula is C23H25N3O5S2. The van der Waals surface area contributed by atoms with Gasteiger partial charge in [-0.25, -0.2) is 21.1 Å². The molecule has 1 N–H and O–H groups in total. The van der Waals surface area contributed by atoms with Crippen molar-refractivity contribution in [1.82, 2.24) is 8.61 Å². The maximum Gasteiger partial charge on any atom is 0.243 e. The van der Waals surface area contributed by atoms with Crippen molar-refractivity contribution in [3.8, 4) is 0 Å². The summed E-state index contributed by atoms with van der Waals surface area (Å²) in [6, 6.07) is 22.6. The highest BCUT2D eigenvalue weighted by Gasteiger charge is 2.28. The van der Waals surface area contributed by atoms with E-state index in [2.05, 4.69) is 5.32 Å². The number of benzene rings is 3. The van der Waals surface area contributed by atoms with Gasteiger partial charge in [-0.15, -0.1) is 0 Å². The number of carbonyl (C=O) groups excluding carboxylic acids is 1. The lowest BCUT2D eigenvalue weighted by atomic mass is 10.2. The first-order valence-electron chi connectivity index (χ1n) is 10.0. The number of amides is 1. The second kappa shape index (κ2) is 10.3. The Hall–Kier alpha value is -3.05. The van der Waals surface area contributed by atoms with Crippen LogP contribution in [0.3, 0.4) is 0 Å². The summed E-state index contributed by atoms with van der Waals surface area (Å²) in [6.07, 6.45) is 0. The van der Waals surface area contributed by atoms with Gasteiger partial charge in [-0.2, -0.15) is 4.31 Å². The molecule has 0 aliphatic carbocycles. The van der Waals surface area contributed by atoms with E-state index >= 15 is 0 Å². The van der Waals surface area contributed by atoms with Gasteiger partial charge in [0, 0.05) is 26.3 Å². The fourth-order valence-corrected chi connectivity index (χ4v) is 5.32. The lowest BCUT2D eigenvalue weighted by Crippen LogP contribution is -2.37. The summed E-state index contributed by atoms with van der Waals surface area (Å²) in [5.41, 5.74) is 1.26. The number of anilines is 1. The van der Waals surface area contributed by atoms with Crippen molar-refractivity contribution >= 4 is 31.6 Å². The molecule has 174 valence electrons. The molecular weight excluding hydrogens is 462 g/mol. The van der Waals surface area contributed by atoms with Gasteiger partial charge in [0.2, 0.25) is 26.0 Å². The van der Waals surface area contributed by atoms with Crippen molar-refractivity contribution < 1.29 is 21.6 Å². The predicted molar refractivity (Wildman–Crippen MR) is 126 cm³/mol. The molecule has 0 radical (unpaired) electrons. The van der Waals surface area contributed by atoms with Crippen molar-refractivity contribution in [2.45, 2.75) is 16.3 Å². The molecule has 0 heterocycles. The highest BCUT2D eigenvalue weighted by atomic mass is 32.2. The van der Waals surface area contributed by atoms with Gasteiger partial charge in [-0.05, 0) is 42.0 Å². The van der Waals surface area contributed by atoms with Crippen LogP contribution in [0.15, 0.2) is 94.7 Å². The third-order valence-electron chi connectivity index (χ3n) is 4.82. The van der Waals surface area contributed by atoms with Crippen LogP contribution in [0.1, 0.15) is 5.56 Å². The monoisotopic (exact) mass is 487 g/mol. The Labute approximate surface area is 194 Å². The topological polar surface area (TPSA) is 104 Å². The van der Waals surface area contributed by atoms with Crippen LogP contribution in [0.5, 0.6) is 0 Å². The van der Waals surface area contributed by atoms with E-state index in [4.69, 9.17) is 0 Å². The summed E-state index contributed by atoms with van der Waals surface area (Å²) in [5.74, 6) is -0.493. The number of hydrogen-bond donors (Lipinski definition) is 1. The molecule has 0 bridgehead atoms. The second-order valence-corrected chi connectivity index (χ2v) is 11.5. The van der Waals surface area contributed by atoms with Gasteiger partial charge >= 0.3 is 0 Å². The molecule has 0 atom stereocenters. The minimum absolute atomic E-state index is 0.0247. The van der Waals surface area contributed by atoms with E-state index in [1.54, 1.807) is 48.5 Å². The Bertz CT molecular complexity index is 1290. The molecule has 0 aromatic heterocycles. The summed E-state index contributed by atoms with van der Waals surface area (Å²) in [4.78, 5) is 12.5. The van der Waals surface area contributed by atoms with Crippen LogP contribution >= 0.6 is 0 Å². The van der Waals surface area contributed by atoms with Crippen LogP contribution in [0.4, 0.5) is 5.69 Å². The zero-order valence-electron chi connectivity index (χ0n) is 18.2. The molecule has 0 unspecified atom stereocenters. The molecule has 3 rings (SSSR count). The second-order valence-electron chi connectivity index (χ2n) is 7.43. The van der Waals surface area contributed by atoms with Crippen LogP contribution in [0.25, 0.3) is 0 Å². The fourth-order valence-electron chi connectivity index (χ4n) is 3.04. The van der Waals surface area contributed by atoms with Crippen molar-refractivity contribution in [3.05, 3.63) is 90.5 Å². The van der Waals surface area contributed by atoms with Gasteiger partial charge in [-0.3, -0.25) is 4.79 Å². The Balaban J connectivity index is 1.90. The molecule has 1 amide bonds. The Morgan fingerprint density at radius 1 is 0.727 bits per heavy atom. The predicted octanol–water partition coefficient (Wildman–Crippen LogP) is 2.77. The average Bonchev–Trinajstić information content (AvgIpc) is 2.80. The molecule has 3 aromatic carbocycles. The molecule has 0 aliphatic rings. The highest BCUT2D eigenvalue weighted by molar-refractivity contribution is 7.89. The Morgan fingerprint density at radius 2 is 1.21 bits per heavy atom. The number of nitrogens with one attached hydrogen (secondary N) is 1. The zero-order valence-corrected chi connectivity index (χ0v) is 19.9. The molecule has 10 heteroatoms. The molecule has 0 spiro atoms. The maximum absolute atomic E-state index is 13.4. The van der Waals surface area contributed by atoms with E-state index in [1.807, 2.05) is 12.1 Å². The number of carbonyl (C=O) groups is 1. The highest BCUT2D eigenvalue weighted by Crippen LogP contribution is 2.22. The zero-order chi connectivity index (χ0) is 24.1. The number of hydrogen-bond acceptors (Lipinski definition) is 5. The average molecular weight is 488 g/mol. The normalized spacial score (nSPS) is 12.1. The van der Waals surface area contributed by atoms with E-state index in [0.717, 1.165) is 8.61 Å². The number of rotatable bonds is 9. The smallest absolute Gasteiger partial charge is 0.243 e. The standard InChI is InChI=1S/C23H25N3O5S2/c1-25(2)32(28,29)21-13-15-22(16-14-21)33(30,31)26(17-19-9-5-3-6-10-19)18-23(27)24-20-11-7-4-8-12-20/h3-16H,17-18H2,1-2H3,(H,24,27). The Morgan fingerprint density at radius 3 is 1.73 bits per heavy atom. The molecule has 0 saturated heterocycles. The number of sulfonamides is 2. The first-order valence-corrected chi connectivity index (χ1v) is 12.9. The molecule has 8 nitrogen and oxygen atoms in total. The van der Waals surface area contributed by atoms with E-state index in [0.29, 0.717) is 11.3 Å². The SMILES string of the molecule is CN(C)S(=O)(=O)c1ccc(S(=O)(=O)N(CC(=O)Nc2ccccc2)Cc2ccccc2)cc1. The van der Waals surface area contributed by atoms with Crippen LogP contribution in [-0.4, -0.2) is 52.0 Å². The van der Waals surface area contributed by atoms with Gasteiger partial charge in [0.25, 0.3) is 0 Å². The molecule has 33 heavy (non-hydrogen) atoms. The van der Waals surface area contributed by atoms with E-state index in [9.17, 15) is 21.6 Å². The number of nitrogens with zero attached hydrogens (tertiary/aromatic N) is 2. The first kappa shape index (κ1) is 24.6. The lowest BCUT2D eigenvalue weighted by Gasteiger charge is -2.22. The minimum atomic E-state index is -4.11. The van der Waals surface area contributed by atoms with E-state index < -0.39 is 32.5 Å². The minimum Gasteiger partial charge on any atom is -0.325 e. The lowest BCUT2D eigenvalue weighted by molar-refractivity contribution is -0.116. The van der Waals surface area contributed by atoms with E-state index in [-0.39, 0.29) is 16.3 Å². The van der Waals surface area contributed by atoms with Gasteiger partial charge in [0.1, 0.15) is 0 Å². The fraction of sp³-hybridized carbons (Fsp3) is 0.174. The van der Waals surface area contributed by atoms with Crippen molar-refractivity contribution in [2.24, 2.45) is 0 Å².